The second-order valence-corrected chi connectivity index (χ2v) is 4.40. The fourth-order valence-corrected chi connectivity index (χ4v) is 2.03. The number of benzene rings is 2. The van der Waals surface area contributed by atoms with E-state index in [1.165, 1.54) is 14.0 Å². The molecule has 2 rings (SSSR count). The maximum Gasteiger partial charge on any atom is 0.167 e. The number of methoxy groups -OCH3 is 1. The van der Waals surface area contributed by atoms with Gasteiger partial charge in [0.05, 0.1) is 13.7 Å². The van der Waals surface area contributed by atoms with Gasteiger partial charge in [0.1, 0.15) is 28.6 Å². The van der Waals surface area contributed by atoms with Crippen molar-refractivity contribution in [3.05, 3.63) is 48.0 Å². The topological polar surface area (TPSA) is 44.8 Å². The van der Waals surface area contributed by atoms with Gasteiger partial charge in [0, 0.05) is 6.07 Å². The van der Waals surface area contributed by atoms with E-state index in [-0.39, 0.29) is 5.78 Å². The summed E-state index contributed by atoms with van der Waals surface area (Å²) in [5.41, 5.74) is 0.432. The van der Waals surface area contributed by atoms with Crippen LogP contribution in [0.5, 0.6) is 23.0 Å². The van der Waals surface area contributed by atoms with Crippen LogP contribution in [0, 0.1) is 0 Å². The third-order valence-corrected chi connectivity index (χ3v) is 2.90. The van der Waals surface area contributed by atoms with Gasteiger partial charge in [-0.25, -0.2) is 0 Å². The molecular weight excluding hydrogens is 268 g/mol. The second-order valence-electron chi connectivity index (χ2n) is 4.40. The highest BCUT2D eigenvalue weighted by molar-refractivity contribution is 5.99. The highest BCUT2D eigenvalue weighted by atomic mass is 16.5. The summed E-state index contributed by atoms with van der Waals surface area (Å²) in [5.74, 6) is 2.19. The molecule has 4 heteroatoms. The van der Waals surface area contributed by atoms with E-state index in [1.54, 1.807) is 24.3 Å². The van der Waals surface area contributed by atoms with Crippen LogP contribution in [0.15, 0.2) is 42.5 Å². The van der Waals surface area contributed by atoms with E-state index in [2.05, 4.69) is 0 Å². The van der Waals surface area contributed by atoms with Gasteiger partial charge in [-0.1, -0.05) is 12.1 Å². The highest BCUT2D eigenvalue weighted by Gasteiger charge is 2.15. The Balaban J connectivity index is 2.35. The molecule has 21 heavy (non-hydrogen) atoms. The molecule has 110 valence electrons. The molecule has 0 N–H and O–H groups in total. The average Bonchev–Trinajstić information content (AvgIpc) is 2.47. The summed E-state index contributed by atoms with van der Waals surface area (Å²) >= 11 is 0. The fraction of sp³-hybridized carbons (Fsp3) is 0.235. The minimum absolute atomic E-state index is 0.108. The molecular formula is C17H18O4. The summed E-state index contributed by atoms with van der Waals surface area (Å²) < 4.78 is 16.5. The number of Topliss-reactive ketones (excluding diaryl/α,β-unsaturated/α-hetero) is 1. The molecule has 0 aliphatic carbocycles. The van der Waals surface area contributed by atoms with E-state index in [0.717, 1.165) is 5.75 Å². The largest absolute Gasteiger partial charge is 0.496 e. The molecule has 0 unspecified atom stereocenters. The normalized spacial score (nSPS) is 10.0. The molecule has 0 heterocycles. The van der Waals surface area contributed by atoms with Crippen LogP contribution in [-0.4, -0.2) is 19.5 Å². The van der Waals surface area contributed by atoms with Gasteiger partial charge < -0.3 is 14.2 Å². The Morgan fingerprint density at radius 2 is 1.71 bits per heavy atom. The van der Waals surface area contributed by atoms with Crippen molar-refractivity contribution in [2.45, 2.75) is 13.8 Å². The summed E-state index contributed by atoms with van der Waals surface area (Å²) in [6.07, 6.45) is 0. The number of hydrogen-bond acceptors (Lipinski definition) is 4. The summed E-state index contributed by atoms with van der Waals surface area (Å²) in [5, 5.41) is 0. The molecule has 0 atom stereocenters. The first-order chi connectivity index (χ1) is 10.2. The van der Waals surface area contributed by atoms with Crippen molar-refractivity contribution in [3.63, 3.8) is 0 Å². The van der Waals surface area contributed by atoms with Crippen molar-refractivity contribution in [1.29, 1.82) is 0 Å². The van der Waals surface area contributed by atoms with Gasteiger partial charge in [-0.15, -0.1) is 0 Å². The first kappa shape index (κ1) is 14.9. The summed E-state index contributed by atoms with van der Waals surface area (Å²) in [7, 11) is 1.53. The highest BCUT2D eigenvalue weighted by Crippen LogP contribution is 2.33. The number of ketones is 1. The molecule has 0 spiro atoms. The Kier molecular flexibility index (Phi) is 4.82. The lowest BCUT2D eigenvalue weighted by Gasteiger charge is -2.13. The molecule has 2 aromatic carbocycles. The average molecular weight is 286 g/mol. The van der Waals surface area contributed by atoms with Gasteiger partial charge in [0.25, 0.3) is 0 Å². The van der Waals surface area contributed by atoms with Crippen LogP contribution in [0.2, 0.25) is 0 Å². The molecule has 4 nitrogen and oxygen atoms in total. The van der Waals surface area contributed by atoms with Crippen LogP contribution < -0.4 is 14.2 Å². The quantitative estimate of drug-likeness (QED) is 0.750. The van der Waals surface area contributed by atoms with Crippen molar-refractivity contribution in [1.82, 2.24) is 0 Å². The SMILES string of the molecule is CCOc1cccc(Oc2cccc(OC)c2C(C)=O)c1. The molecule has 0 aromatic heterocycles. The second kappa shape index (κ2) is 6.79. The van der Waals surface area contributed by atoms with E-state index in [9.17, 15) is 4.79 Å². The smallest absolute Gasteiger partial charge is 0.167 e. The van der Waals surface area contributed by atoms with Crippen molar-refractivity contribution in [2.24, 2.45) is 0 Å². The van der Waals surface area contributed by atoms with E-state index in [4.69, 9.17) is 14.2 Å². The number of carbonyl (C=O) groups is 1. The third-order valence-electron chi connectivity index (χ3n) is 2.90. The number of hydrogen-bond donors (Lipinski definition) is 0. The van der Waals surface area contributed by atoms with Gasteiger partial charge in [-0.2, -0.15) is 0 Å². The molecule has 0 fully saturated rings. The minimum Gasteiger partial charge on any atom is -0.496 e. The van der Waals surface area contributed by atoms with Gasteiger partial charge >= 0.3 is 0 Å². The van der Waals surface area contributed by atoms with Crippen molar-refractivity contribution < 1.29 is 19.0 Å². The predicted octanol–water partition coefficient (Wildman–Crippen LogP) is 4.09. The lowest BCUT2D eigenvalue weighted by atomic mass is 10.1. The van der Waals surface area contributed by atoms with E-state index >= 15 is 0 Å². The maximum atomic E-state index is 11.8. The van der Waals surface area contributed by atoms with Gasteiger partial charge in [0.15, 0.2) is 5.78 Å². The van der Waals surface area contributed by atoms with Gasteiger partial charge in [-0.3, -0.25) is 4.79 Å². The molecule has 0 saturated carbocycles. The Labute approximate surface area is 124 Å². The van der Waals surface area contributed by atoms with Crippen LogP contribution in [0.25, 0.3) is 0 Å². The van der Waals surface area contributed by atoms with E-state index in [1.807, 2.05) is 25.1 Å². The van der Waals surface area contributed by atoms with Crippen molar-refractivity contribution >= 4 is 5.78 Å². The molecule has 0 saturated heterocycles. The van der Waals surface area contributed by atoms with E-state index < -0.39 is 0 Å². The minimum atomic E-state index is -0.108. The third kappa shape index (κ3) is 3.54. The number of ether oxygens (including phenoxy) is 3. The van der Waals surface area contributed by atoms with Crippen LogP contribution in [0.4, 0.5) is 0 Å². The zero-order chi connectivity index (χ0) is 15.2. The van der Waals surface area contributed by atoms with Crippen LogP contribution >= 0.6 is 0 Å². The van der Waals surface area contributed by atoms with Crippen molar-refractivity contribution in [2.75, 3.05) is 13.7 Å². The predicted molar refractivity (Wildman–Crippen MR) is 80.7 cm³/mol. The lowest BCUT2D eigenvalue weighted by Crippen LogP contribution is -2.01. The Morgan fingerprint density at radius 1 is 1.05 bits per heavy atom. The Bertz CT molecular complexity index is 634. The molecule has 0 bridgehead atoms. The maximum absolute atomic E-state index is 11.8. The first-order valence-corrected chi connectivity index (χ1v) is 6.74. The monoisotopic (exact) mass is 286 g/mol. The molecule has 2 aromatic rings. The van der Waals surface area contributed by atoms with Crippen LogP contribution in [0.3, 0.4) is 0 Å². The lowest BCUT2D eigenvalue weighted by molar-refractivity contribution is 0.101. The summed E-state index contributed by atoms with van der Waals surface area (Å²) in [6, 6.07) is 12.6. The summed E-state index contributed by atoms with van der Waals surface area (Å²) in [4.78, 5) is 11.8. The van der Waals surface area contributed by atoms with Crippen LogP contribution in [-0.2, 0) is 0 Å². The van der Waals surface area contributed by atoms with Crippen LogP contribution in [0.1, 0.15) is 24.2 Å². The standard InChI is InChI=1S/C17H18O4/c1-4-20-13-7-5-8-14(11-13)21-16-10-6-9-15(19-3)17(16)12(2)18/h5-11H,4H2,1-3H3. The fourth-order valence-electron chi connectivity index (χ4n) is 2.03. The molecule has 0 aliphatic heterocycles. The van der Waals surface area contributed by atoms with Crippen molar-refractivity contribution in [3.8, 4) is 23.0 Å². The van der Waals surface area contributed by atoms with Gasteiger partial charge in [0.2, 0.25) is 0 Å². The number of rotatable bonds is 6. The summed E-state index contributed by atoms with van der Waals surface area (Å²) in [6.45, 7) is 3.99. The van der Waals surface area contributed by atoms with Gasteiger partial charge in [-0.05, 0) is 38.1 Å². The van der Waals surface area contributed by atoms with E-state index in [0.29, 0.717) is 29.4 Å². The number of carbonyl (C=O) groups excluding carboxylic acids is 1. The zero-order valence-corrected chi connectivity index (χ0v) is 12.4. The molecule has 0 radical (unpaired) electrons. The molecule has 0 aliphatic rings. The zero-order valence-electron chi connectivity index (χ0n) is 12.4. The Hall–Kier alpha value is -2.49. The molecule has 0 amide bonds. The Morgan fingerprint density at radius 3 is 2.38 bits per heavy atom. The first-order valence-electron chi connectivity index (χ1n) is 6.74.